The van der Waals surface area contributed by atoms with E-state index in [0.29, 0.717) is 28.0 Å². The molecule has 0 radical (unpaired) electrons. The number of rotatable bonds is 4. The molecular weight excluding hydrogens is 293 g/mol. The summed E-state index contributed by atoms with van der Waals surface area (Å²) < 4.78 is 1.92. The average Bonchev–Trinajstić information content (AvgIpc) is 2.70. The van der Waals surface area contributed by atoms with Crippen LogP contribution in [-0.2, 0) is 13.0 Å². The summed E-state index contributed by atoms with van der Waals surface area (Å²) in [6.07, 6.45) is 1.80. The lowest BCUT2D eigenvalue weighted by Crippen LogP contribution is -2.08. The maximum atomic E-state index is 9.24. The standard InChI is InChI=1S/C15H15Cl2N3/c1-2-3-15-14(19)7-12(8-18)20(15)9-10-4-5-11(16)6-13(10)17/h4-7H,2-3,9,19H2,1H3. The number of benzene rings is 1. The van der Waals surface area contributed by atoms with Gasteiger partial charge in [0, 0.05) is 15.7 Å². The molecular formula is C15H15Cl2N3. The zero-order valence-corrected chi connectivity index (χ0v) is 12.7. The van der Waals surface area contributed by atoms with E-state index in [0.717, 1.165) is 24.1 Å². The van der Waals surface area contributed by atoms with Crippen LogP contribution in [0.3, 0.4) is 0 Å². The highest BCUT2D eigenvalue weighted by molar-refractivity contribution is 6.35. The molecule has 1 aromatic heterocycles. The summed E-state index contributed by atoms with van der Waals surface area (Å²) in [4.78, 5) is 0. The predicted octanol–water partition coefficient (Wildman–Crippen LogP) is 4.25. The minimum atomic E-state index is 0.519. The third kappa shape index (κ3) is 2.92. The molecule has 5 heteroatoms. The van der Waals surface area contributed by atoms with E-state index in [9.17, 15) is 5.26 Å². The number of nitrogens with zero attached hydrogens (tertiary/aromatic N) is 2. The van der Waals surface area contributed by atoms with Gasteiger partial charge in [0.25, 0.3) is 0 Å². The van der Waals surface area contributed by atoms with Gasteiger partial charge in [0.05, 0.1) is 12.2 Å². The predicted molar refractivity (Wildman–Crippen MR) is 83.1 cm³/mol. The first kappa shape index (κ1) is 14.8. The highest BCUT2D eigenvalue weighted by Gasteiger charge is 2.14. The largest absolute Gasteiger partial charge is 0.397 e. The number of anilines is 1. The first-order chi connectivity index (χ1) is 9.56. The Kier molecular flexibility index (Phi) is 4.59. The summed E-state index contributed by atoms with van der Waals surface area (Å²) in [5.74, 6) is 0. The Balaban J connectivity index is 2.44. The summed E-state index contributed by atoms with van der Waals surface area (Å²) >= 11 is 12.1. The van der Waals surface area contributed by atoms with Crippen molar-refractivity contribution in [3.8, 4) is 6.07 Å². The van der Waals surface area contributed by atoms with Gasteiger partial charge in [0.15, 0.2) is 0 Å². The zero-order valence-electron chi connectivity index (χ0n) is 11.2. The molecule has 1 heterocycles. The molecule has 0 aliphatic carbocycles. The van der Waals surface area contributed by atoms with Crippen LogP contribution in [0, 0.1) is 11.3 Å². The Morgan fingerprint density at radius 3 is 2.65 bits per heavy atom. The van der Waals surface area contributed by atoms with Crippen LogP contribution in [0.4, 0.5) is 5.69 Å². The van der Waals surface area contributed by atoms with Crippen LogP contribution >= 0.6 is 23.2 Å². The highest BCUT2D eigenvalue weighted by atomic mass is 35.5. The Bertz CT molecular complexity index is 668. The van der Waals surface area contributed by atoms with Crippen molar-refractivity contribution in [2.45, 2.75) is 26.3 Å². The van der Waals surface area contributed by atoms with Crippen molar-refractivity contribution >= 4 is 28.9 Å². The second-order valence-corrected chi connectivity index (χ2v) is 5.46. The average molecular weight is 308 g/mol. The van der Waals surface area contributed by atoms with Crippen molar-refractivity contribution in [3.63, 3.8) is 0 Å². The van der Waals surface area contributed by atoms with E-state index in [1.165, 1.54) is 0 Å². The van der Waals surface area contributed by atoms with E-state index in [1.807, 2.05) is 10.6 Å². The van der Waals surface area contributed by atoms with Crippen molar-refractivity contribution in [1.82, 2.24) is 4.57 Å². The molecule has 0 amide bonds. The lowest BCUT2D eigenvalue weighted by molar-refractivity contribution is 0.719. The maximum Gasteiger partial charge on any atom is 0.122 e. The van der Waals surface area contributed by atoms with Gasteiger partial charge in [-0.25, -0.2) is 0 Å². The quantitative estimate of drug-likeness (QED) is 0.918. The van der Waals surface area contributed by atoms with E-state index in [2.05, 4.69) is 13.0 Å². The lowest BCUT2D eigenvalue weighted by Gasteiger charge is -2.12. The minimum Gasteiger partial charge on any atom is -0.397 e. The van der Waals surface area contributed by atoms with Crippen molar-refractivity contribution < 1.29 is 0 Å². The molecule has 0 aliphatic rings. The Morgan fingerprint density at radius 1 is 1.30 bits per heavy atom. The summed E-state index contributed by atoms with van der Waals surface area (Å²) in [6.45, 7) is 2.60. The monoisotopic (exact) mass is 307 g/mol. The van der Waals surface area contributed by atoms with Crippen LogP contribution in [0.25, 0.3) is 0 Å². The van der Waals surface area contributed by atoms with Crippen molar-refractivity contribution in [2.24, 2.45) is 0 Å². The van der Waals surface area contributed by atoms with Crippen LogP contribution in [0.2, 0.25) is 10.0 Å². The molecule has 0 atom stereocenters. The number of nitriles is 1. The number of aromatic nitrogens is 1. The molecule has 3 nitrogen and oxygen atoms in total. The van der Waals surface area contributed by atoms with Gasteiger partial charge in [-0.1, -0.05) is 42.6 Å². The van der Waals surface area contributed by atoms with Crippen LogP contribution in [0.5, 0.6) is 0 Å². The second-order valence-electron chi connectivity index (χ2n) is 4.62. The molecule has 0 saturated carbocycles. The molecule has 2 rings (SSSR count). The van der Waals surface area contributed by atoms with Gasteiger partial charge in [-0.15, -0.1) is 0 Å². The lowest BCUT2D eigenvalue weighted by atomic mass is 10.2. The molecule has 104 valence electrons. The molecule has 20 heavy (non-hydrogen) atoms. The second kappa shape index (κ2) is 6.21. The highest BCUT2D eigenvalue weighted by Crippen LogP contribution is 2.26. The smallest absolute Gasteiger partial charge is 0.122 e. The molecule has 2 aromatic rings. The number of nitrogen functional groups attached to an aromatic ring is 1. The van der Waals surface area contributed by atoms with Gasteiger partial charge in [-0.2, -0.15) is 5.26 Å². The topological polar surface area (TPSA) is 54.7 Å². The summed E-state index contributed by atoms with van der Waals surface area (Å²) in [6, 6.07) is 9.27. The van der Waals surface area contributed by atoms with Crippen LogP contribution in [-0.4, -0.2) is 4.57 Å². The fourth-order valence-electron chi connectivity index (χ4n) is 2.22. The van der Waals surface area contributed by atoms with Crippen LogP contribution in [0.15, 0.2) is 24.3 Å². The van der Waals surface area contributed by atoms with Crippen molar-refractivity contribution in [2.75, 3.05) is 5.73 Å². The Hall–Kier alpha value is -1.63. The maximum absolute atomic E-state index is 9.24. The number of hydrogen-bond donors (Lipinski definition) is 1. The molecule has 2 N–H and O–H groups in total. The number of halogens is 2. The van der Waals surface area contributed by atoms with Crippen molar-refractivity contribution in [1.29, 1.82) is 5.26 Å². The van der Waals surface area contributed by atoms with Gasteiger partial charge < -0.3 is 10.3 Å². The van der Waals surface area contributed by atoms with Crippen LogP contribution in [0.1, 0.15) is 30.3 Å². The zero-order chi connectivity index (χ0) is 14.7. The normalized spacial score (nSPS) is 10.5. The van der Waals surface area contributed by atoms with E-state index < -0.39 is 0 Å². The molecule has 0 bridgehead atoms. The van der Waals surface area contributed by atoms with Gasteiger partial charge in [-0.3, -0.25) is 0 Å². The molecule has 0 aliphatic heterocycles. The van der Waals surface area contributed by atoms with Crippen LogP contribution < -0.4 is 5.73 Å². The summed E-state index contributed by atoms with van der Waals surface area (Å²) in [5, 5.41) is 10.4. The molecule has 0 unspecified atom stereocenters. The third-order valence-electron chi connectivity index (χ3n) is 3.19. The molecule has 0 saturated heterocycles. The molecule has 1 aromatic carbocycles. The fraction of sp³-hybridized carbons (Fsp3) is 0.267. The van der Waals surface area contributed by atoms with Gasteiger partial charge >= 0.3 is 0 Å². The first-order valence-corrected chi connectivity index (χ1v) is 7.14. The molecule has 0 fully saturated rings. The first-order valence-electron chi connectivity index (χ1n) is 6.38. The van der Waals surface area contributed by atoms with E-state index in [-0.39, 0.29) is 0 Å². The minimum absolute atomic E-state index is 0.519. The van der Waals surface area contributed by atoms with Gasteiger partial charge in [0.1, 0.15) is 11.8 Å². The Morgan fingerprint density at radius 2 is 2.05 bits per heavy atom. The Labute approximate surface area is 128 Å². The van der Waals surface area contributed by atoms with E-state index >= 15 is 0 Å². The number of nitrogens with two attached hydrogens (primary N) is 1. The number of hydrogen-bond acceptors (Lipinski definition) is 2. The van der Waals surface area contributed by atoms with E-state index in [1.54, 1.807) is 18.2 Å². The van der Waals surface area contributed by atoms with Gasteiger partial charge in [-0.05, 0) is 30.2 Å². The van der Waals surface area contributed by atoms with Gasteiger partial charge in [0.2, 0.25) is 0 Å². The summed E-state index contributed by atoms with van der Waals surface area (Å²) in [7, 11) is 0. The summed E-state index contributed by atoms with van der Waals surface area (Å²) in [5.41, 5.74) is 9.11. The van der Waals surface area contributed by atoms with E-state index in [4.69, 9.17) is 28.9 Å². The van der Waals surface area contributed by atoms with Crippen molar-refractivity contribution in [3.05, 3.63) is 51.3 Å². The molecule has 0 spiro atoms. The third-order valence-corrected chi connectivity index (χ3v) is 3.77. The SMILES string of the molecule is CCCc1c(N)cc(C#N)n1Cc1ccc(Cl)cc1Cl. The fourth-order valence-corrected chi connectivity index (χ4v) is 2.69.